The zero-order chi connectivity index (χ0) is 16.0. The van der Waals surface area contributed by atoms with E-state index in [9.17, 15) is 18.7 Å². The largest absolute Gasteiger partial charge is 0.478 e. The van der Waals surface area contributed by atoms with Crippen LogP contribution in [0, 0.1) is 6.92 Å². The number of rotatable bonds is 4. The maximum absolute atomic E-state index is 13.7. The van der Waals surface area contributed by atoms with Gasteiger partial charge in [0, 0.05) is 25.7 Å². The van der Waals surface area contributed by atoms with E-state index in [-0.39, 0.29) is 18.8 Å². The minimum Gasteiger partial charge on any atom is -0.478 e. The van der Waals surface area contributed by atoms with Crippen molar-refractivity contribution in [1.82, 2.24) is 0 Å². The second-order valence-corrected chi connectivity index (χ2v) is 6.54. The Labute approximate surface area is 128 Å². The number of carboxylic acid groups (broad SMARTS) is 1. The fraction of sp³-hybridized carbons (Fsp3) is 0.588. The van der Waals surface area contributed by atoms with Gasteiger partial charge >= 0.3 is 5.97 Å². The Morgan fingerprint density at radius 1 is 1.32 bits per heavy atom. The summed E-state index contributed by atoms with van der Waals surface area (Å²) in [6.07, 6.45) is 1.86. The van der Waals surface area contributed by atoms with Crippen LogP contribution in [0.3, 0.4) is 0 Å². The van der Waals surface area contributed by atoms with Crippen molar-refractivity contribution in [2.24, 2.45) is 0 Å². The quantitative estimate of drug-likeness (QED) is 0.902. The summed E-state index contributed by atoms with van der Waals surface area (Å²) < 4.78 is 33.2. The molecule has 1 N–H and O–H groups in total. The first-order valence-corrected chi connectivity index (χ1v) is 7.73. The average Bonchev–Trinajstić information content (AvgIpc) is 3.21. The number of hydrogen-bond acceptors (Lipinski definition) is 2. The Morgan fingerprint density at radius 2 is 2.05 bits per heavy atom. The van der Waals surface area contributed by atoms with Gasteiger partial charge in [-0.2, -0.15) is 0 Å². The van der Waals surface area contributed by atoms with E-state index in [4.69, 9.17) is 4.74 Å². The van der Waals surface area contributed by atoms with Gasteiger partial charge in [0.2, 0.25) is 11.5 Å². The number of para-hydroxylation sites is 1. The molecule has 1 unspecified atom stereocenters. The maximum atomic E-state index is 13.7. The van der Waals surface area contributed by atoms with Crippen molar-refractivity contribution in [1.29, 1.82) is 0 Å². The fourth-order valence-electron chi connectivity index (χ4n) is 3.24. The van der Waals surface area contributed by atoms with E-state index < -0.39 is 17.5 Å². The summed E-state index contributed by atoms with van der Waals surface area (Å²) in [4.78, 5) is 11.3. The van der Waals surface area contributed by atoms with Crippen LogP contribution in [-0.4, -0.2) is 22.6 Å². The lowest BCUT2D eigenvalue weighted by Gasteiger charge is -2.31. The minimum absolute atomic E-state index is 0.0649. The predicted octanol–water partition coefficient (Wildman–Crippen LogP) is 4.28. The second kappa shape index (κ2) is 5.21. The smallest absolute Gasteiger partial charge is 0.348 e. The van der Waals surface area contributed by atoms with Gasteiger partial charge in [-0.25, -0.2) is 13.6 Å². The van der Waals surface area contributed by atoms with Crippen LogP contribution in [0.15, 0.2) is 18.2 Å². The minimum atomic E-state index is -2.64. The molecule has 3 nitrogen and oxygen atoms in total. The van der Waals surface area contributed by atoms with E-state index in [0.29, 0.717) is 31.4 Å². The molecule has 0 aromatic heterocycles. The van der Waals surface area contributed by atoms with Gasteiger partial charge in [-0.3, -0.25) is 0 Å². The molecule has 1 aromatic rings. The van der Waals surface area contributed by atoms with Gasteiger partial charge in [-0.05, 0) is 36.8 Å². The maximum Gasteiger partial charge on any atom is 0.348 e. The molecule has 1 atom stereocenters. The highest BCUT2D eigenvalue weighted by Crippen LogP contribution is 2.48. The molecule has 0 bridgehead atoms. The highest BCUT2D eigenvalue weighted by atomic mass is 19.3. The molecular formula is C17H20F2O3. The van der Waals surface area contributed by atoms with E-state index >= 15 is 0 Å². The van der Waals surface area contributed by atoms with Gasteiger partial charge in [0.15, 0.2) is 0 Å². The van der Waals surface area contributed by atoms with Crippen LogP contribution in [0.25, 0.3) is 0 Å². The topological polar surface area (TPSA) is 46.5 Å². The standard InChI is InChI=1S/C17H20F2O3/c1-11-4-2-6-13(12-5-3-7-17(18,19)10-12)14(11)22-16(8-9-16)15(20)21/h2,4,6,12H,3,5,7-10H2,1H3,(H,20,21). The van der Waals surface area contributed by atoms with Gasteiger partial charge in [0.1, 0.15) is 5.75 Å². The molecule has 3 rings (SSSR count). The van der Waals surface area contributed by atoms with E-state index in [1.165, 1.54) is 0 Å². The third kappa shape index (κ3) is 2.81. The third-order valence-electron chi connectivity index (χ3n) is 4.71. The summed E-state index contributed by atoms with van der Waals surface area (Å²) >= 11 is 0. The van der Waals surface area contributed by atoms with Crippen LogP contribution in [-0.2, 0) is 4.79 Å². The Kier molecular flexibility index (Phi) is 3.62. The van der Waals surface area contributed by atoms with Gasteiger partial charge in [-0.15, -0.1) is 0 Å². The number of halogens is 2. The van der Waals surface area contributed by atoms with Crippen molar-refractivity contribution < 1.29 is 23.4 Å². The Hall–Kier alpha value is -1.65. The normalized spacial score (nSPS) is 25.5. The number of hydrogen-bond donors (Lipinski definition) is 1. The number of aliphatic carboxylic acids is 1. The number of benzene rings is 1. The fourth-order valence-corrected chi connectivity index (χ4v) is 3.24. The lowest BCUT2D eigenvalue weighted by molar-refractivity contribution is -0.147. The van der Waals surface area contributed by atoms with Crippen LogP contribution < -0.4 is 4.74 Å². The Balaban J connectivity index is 1.92. The van der Waals surface area contributed by atoms with Crippen LogP contribution in [0.5, 0.6) is 5.75 Å². The summed E-state index contributed by atoms with van der Waals surface area (Å²) in [5, 5.41) is 9.30. The first kappa shape index (κ1) is 15.3. The van der Waals surface area contributed by atoms with Crippen molar-refractivity contribution in [3.05, 3.63) is 29.3 Å². The van der Waals surface area contributed by atoms with E-state index in [1.807, 2.05) is 19.1 Å². The van der Waals surface area contributed by atoms with Gasteiger partial charge in [0.25, 0.3) is 0 Å². The zero-order valence-electron chi connectivity index (χ0n) is 12.6. The van der Waals surface area contributed by atoms with Crippen LogP contribution in [0.1, 0.15) is 55.6 Å². The molecule has 5 heteroatoms. The van der Waals surface area contributed by atoms with E-state index in [2.05, 4.69) is 0 Å². The van der Waals surface area contributed by atoms with Crippen molar-refractivity contribution in [3.63, 3.8) is 0 Å². The van der Waals surface area contributed by atoms with Crippen LogP contribution >= 0.6 is 0 Å². The molecule has 0 radical (unpaired) electrons. The first-order valence-electron chi connectivity index (χ1n) is 7.73. The van der Waals surface area contributed by atoms with Crippen molar-refractivity contribution in [2.45, 2.75) is 62.9 Å². The average molecular weight is 310 g/mol. The van der Waals surface area contributed by atoms with Gasteiger partial charge in [-0.1, -0.05) is 18.2 Å². The summed E-state index contributed by atoms with van der Waals surface area (Å²) in [5.41, 5.74) is 0.378. The van der Waals surface area contributed by atoms with Crippen molar-refractivity contribution >= 4 is 5.97 Å². The predicted molar refractivity (Wildman–Crippen MR) is 77.6 cm³/mol. The number of alkyl halides is 2. The molecule has 0 spiro atoms. The molecule has 22 heavy (non-hydrogen) atoms. The Morgan fingerprint density at radius 3 is 2.64 bits per heavy atom. The lowest BCUT2D eigenvalue weighted by atomic mass is 9.81. The number of ether oxygens (including phenoxy) is 1. The number of aryl methyl sites for hydroxylation is 1. The zero-order valence-corrected chi connectivity index (χ0v) is 12.6. The molecule has 1 aromatic carbocycles. The van der Waals surface area contributed by atoms with Gasteiger partial charge in [0.05, 0.1) is 0 Å². The second-order valence-electron chi connectivity index (χ2n) is 6.54. The van der Waals surface area contributed by atoms with Crippen LogP contribution in [0.4, 0.5) is 8.78 Å². The van der Waals surface area contributed by atoms with E-state index in [1.54, 1.807) is 6.07 Å². The number of carbonyl (C=O) groups is 1. The summed E-state index contributed by atoms with van der Waals surface area (Å²) in [6, 6.07) is 5.45. The van der Waals surface area contributed by atoms with E-state index in [0.717, 1.165) is 11.1 Å². The molecule has 0 aliphatic heterocycles. The monoisotopic (exact) mass is 310 g/mol. The van der Waals surface area contributed by atoms with Crippen molar-refractivity contribution in [2.75, 3.05) is 0 Å². The molecule has 2 aliphatic carbocycles. The Bertz CT molecular complexity index is 594. The summed E-state index contributed by atoms with van der Waals surface area (Å²) in [5.74, 6) is -3.41. The SMILES string of the molecule is Cc1cccc(C2CCCC(F)(F)C2)c1OC1(C(=O)O)CC1. The summed E-state index contributed by atoms with van der Waals surface area (Å²) in [6.45, 7) is 1.83. The summed E-state index contributed by atoms with van der Waals surface area (Å²) in [7, 11) is 0. The third-order valence-corrected chi connectivity index (χ3v) is 4.71. The molecule has 0 heterocycles. The highest BCUT2D eigenvalue weighted by molar-refractivity contribution is 5.81. The molecule has 0 saturated heterocycles. The molecule has 120 valence electrons. The number of carboxylic acids is 1. The van der Waals surface area contributed by atoms with Crippen LogP contribution in [0.2, 0.25) is 0 Å². The molecule has 2 fully saturated rings. The van der Waals surface area contributed by atoms with Gasteiger partial charge < -0.3 is 9.84 Å². The highest BCUT2D eigenvalue weighted by Gasteiger charge is 2.54. The van der Waals surface area contributed by atoms with Crippen molar-refractivity contribution in [3.8, 4) is 5.75 Å². The molecule has 0 amide bonds. The molecule has 2 saturated carbocycles. The molecular weight excluding hydrogens is 290 g/mol. The molecule has 2 aliphatic rings. The first-order chi connectivity index (χ1) is 10.3. The lowest BCUT2D eigenvalue weighted by Crippen LogP contribution is -2.30.